The second kappa shape index (κ2) is 7.57. The van der Waals surface area contributed by atoms with E-state index in [-0.39, 0.29) is 5.92 Å². The number of nitrogens with zero attached hydrogens (tertiary/aromatic N) is 4. The van der Waals surface area contributed by atoms with Crippen LogP contribution in [0.4, 0.5) is 0 Å². The molecule has 5 aromatic rings. The van der Waals surface area contributed by atoms with Crippen molar-refractivity contribution in [2.24, 2.45) is 5.73 Å². The molecule has 5 rings (SSSR count). The Morgan fingerprint density at radius 2 is 1.84 bits per heavy atom. The number of carbonyl (C=O) groups excluding carboxylic acids is 1. The number of hydrogen-bond donors (Lipinski definition) is 1. The molecule has 0 atom stereocenters. The number of hydrogen-bond acceptors (Lipinski definition) is 4. The summed E-state index contributed by atoms with van der Waals surface area (Å²) in [5.41, 5.74) is 12.4. The maximum Gasteiger partial charge on any atom is 0.248 e. The van der Waals surface area contributed by atoms with Crippen molar-refractivity contribution < 1.29 is 4.79 Å². The number of benzene rings is 2. The van der Waals surface area contributed by atoms with Crippen LogP contribution in [-0.4, -0.2) is 25.7 Å². The predicted octanol–water partition coefficient (Wildman–Crippen LogP) is 5.17. The highest BCUT2D eigenvalue weighted by molar-refractivity contribution is 5.98. The number of rotatable bonds is 4. The van der Waals surface area contributed by atoms with Crippen molar-refractivity contribution in [3.63, 3.8) is 0 Å². The van der Waals surface area contributed by atoms with Crippen LogP contribution in [0.2, 0.25) is 0 Å². The summed E-state index contributed by atoms with van der Waals surface area (Å²) in [4.78, 5) is 21.0. The molecule has 0 saturated carbocycles. The van der Waals surface area contributed by atoms with E-state index >= 15 is 0 Å². The zero-order valence-corrected chi connectivity index (χ0v) is 18.2. The number of pyridine rings is 2. The van der Waals surface area contributed by atoms with Gasteiger partial charge in [-0.15, -0.1) is 0 Å². The molecular formula is C26H23N5O. The molecule has 0 aliphatic heterocycles. The lowest BCUT2D eigenvalue weighted by Gasteiger charge is -2.08. The molecule has 6 nitrogen and oxygen atoms in total. The van der Waals surface area contributed by atoms with Crippen LogP contribution < -0.4 is 5.73 Å². The number of amides is 1. The molecule has 6 heteroatoms. The molecule has 0 fully saturated rings. The molecule has 0 unspecified atom stereocenters. The monoisotopic (exact) mass is 421 g/mol. The first-order chi connectivity index (χ1) is 15.4. The summed E-state index contributed by atoms with van der Waals surface area (Å²) in [5, 5.41) is 7.04. The number of aryl methyl sites for hydroxylation is 1. The van der Waals surface area contributed by atoms with Crippen molar-refractivity contribution in [2.45, 2.75) is 26.7 Å². The molecule has 0 aliphatic carbocycles. The number of carbonyl (C=O) groups is 1. The molecule has 0 saturated heterocycles. The maximum atomic E-state index is 11.7. The average molecular weight is 422 g/mol. The molecule has 3 heterocycles. The van der Waals surface area contributed by atoms with Crippen LogP contribution in [0.3, 0.4) is 0 Å². The molecule has 2 aromatic carbocycles. The number of fused-ring (bicyclic) bond motifs is 2. The summed E-state index contributed by atoms with van der Waals surface area (Å²) in [7, 11) is 0. The van der Waals surface area contributed by atoms with Crippen molar-refractivity contribution in [3.8, 4) is 16.8 Å². The van der Waals surface area contributed by atoms with E-state index in [0.29, 0.717) is 5.56 Å². The van der Waals surface area contributed by atoms with E-state index in [0.717, 1.165) is 50.0 Å². The van der Waals surface area contributed by atoms with Gasteiger partial charge < -0.3 is 5.73 Å². The van der Waals surface area contributed by atoms with Crippen molar-refractivity contribution in [1.82, 2.24) is 19.7 Å². The molecule has 0 spiro atoms. The van der Waals surface area contributed by atoms with E-state index in [2.05, 4.69) is 35.9 Å². The smallest absolute Gasteiger partial charge is 0.248 e. The Hall–Kier alpha value is -4.06. The SMILES string of the molecule is Cc1cc(-n2nc(C(C)C)c3c(-c4cnc5ccccc5c4)ccnc32)ccc1C(N)=O. The molecule has 3 aromatic heterocycles. The van der Waals surface area contributed by atoms with Gasteiger partial charge in [-0.25, -0.2) is 9.67 Å². The molecular weight excluding hydrogens is 398 g/mol. The Labute approximate surface area is 185 Å². The molecule has 158 valence electrons. The quantitative estimate of drug-likeness (QED) is 0.434. The molecule has 1 amide bonds. The van der Waals surface area contributed by atoms with Crippen molar-refractivity contribution in [1.29, 1.82) is 0 Å². The standard InChI is InChI=1S/C26H23N5O/c1-15(2)24-23-21(18-13-17-6-4-5-7-22(17)29-14-18)10-11-28-26(23)31(30-24)19-8-9-20(25(27)32)16(3)12-19/h4-15H,1-3H3,(H2,27,32). The van der Waals surface area contributed by atoms with Crippen LogP contribution in [0.15, 0.2) is 67.0 Å². The number of primary amides is 1. The number of nitrogens with two attached hydrogens (primary N) is 1. The highest BCUT2D eigenvalue weighted by atomic mass is 16.1. The summed E-state index contributed by atoms with van der Waals surface area (Å²) in [5.74, 6) is -0.243. The highest BCUT2D eigenvalue weighted by Gasteiger charge is 2.20. The average Bonchev–Trinajstić information content (AvgIpc) is 3.18. The van der Waals surface area contributed by atoms with E-state index in [1.807, 2.05) is 54.2 Å². The second-order valence-corrected chi connectivity index (χ2v) is 8.29. The Balaban J connectivity index is 1.76. The van der Waals surface area contributed by atoms with E-state index < -0.39 is 5.91 Å². The lowest BCUT2D eigenvalue weighted by atomic mass is 9.98. The van der Waals surface area contributed by atoms with E-state index in [1.165, 1.54) is 0 Å². The van der Waals surface area contributed by atoms with Gasteiger partial charge >= 0.3 is 0 Å². The Bertz CT molecular complexity index is 1500. The van der Waals surface area contributed by atoms with Gasteiger partial charge in [0.2, 0.25) is 5.91 Å². The minimum absolute atomic E-state index is 0.195. The topological polar surface area (TPSA) is 86.7 Å². The van der Waals surface area contributed by atoms with Gasteiger partial charge in [-0.2, -0.15) is 5.10 Å². The number of aromatic nitrogens is 4. The van der Waals surface area contributed by atoms with Gasteiger partial charge in [0.25, 0.3) is 0 Å². The fraction of sp³-hybridized carbons (Fsp3) is 0.154. The molecule has 0 aliphatic rings. The Morgan fingerprint density at radius 1 is 1.03 bits per heavy atom. The van der Waals surface area contributed by atoms with Crippen molar-refractivity contribution in [3.05, 3.63) is 83.8 Å². The summed E-state index contributed by atoms with van der Waals surface area (Å²) < 4.78 is 1.85. The van der Waals surface area contributed by atoms with Crippen LogP contribution in [0, 0.1) is 6.92 Å². The first-order valence-corrected chi connectivity index (χ1v) is 10.6. The molecule has 32 heavy (non-hydrogen) atoms. The summed E-state index contributed by atoms with van der Waals surface area (Å²) in [6, 6.07) is 17.8. The van der Waals surface area contributed by atoms with E-state index in [1.54, 1.807) is 12.3 Å². The largest absolute Gasteiger partial charge is 0.366 e. The third kappa shape index (κ3) is 3.21. The van der Waals surface area contributed by atoms with E-state index in [4.69, 9.17) is 10.8 Å². The third-order valence-corrected chi connectivity index (χ3v) is 5.76. The maximum absolute atomic E-state index is 11.7. The van der Waals surface area contributed by atoms with Crippen LogP contribution in [-0.2, 0) is 0 Å². The van der Waals surface area contributed by atoms with Gasteiger partial charge in [-0.1, -0.05) is 32.0 Å². The first-order valence-electron chi connectivity index (χ1n) is 10.6. The molecule has 0 radical (unpaired) electrons. The van der Waals surface area contributed by atoms with Gasteiger partial charge in [0, 0.05) is 28.9 Å². The summed E-state index contributed by atoms with van der Waals surface area (Å²) >= 11 is 0. The fourth-order valence-electron chi connectivity index (χ4n) is 4.17. The summed E-state index contributed by atoms with van der Waals surface area (Å²) in [6.45, 7) is 6.13. The second-order valence-electron chi connectivity index (χ2n) is 8.29. The molecule has 0 bridgehead atoms. The lowest BCUT2D eigenvalue weighted by molar-refractivity contribution is 0.0999. The van der Waals surface area contributed by atoms with Gasteiger partial charge in [0.05, 0.1) is 22.3 Å². The van der Waals surface area contributed by atoms with Gasteiger partial charge in [-0.3, -0.25) is 9.78 Å². The molecule has 2 N–H and O–H groups in total. The zero-order chi connectivity index (χ0) is 22.4. The van der Waals surface area contributed by atoms with Crippen molar-refractivity contribution in [2.75, 3.05) is 0 Å². The summed E-state index contributed by atoms with van der Waals surface area (Å²) in [6.07, 6.45) is 3.71. The van der Waals surface area contributed by atoms with Gasteiger partial charge in [0.15, 0.2) is 5.65 Å². The van der Waals surface area contributed by atoms with Crippen LogP contribution in [0.1, 0.15) is 41.4 Å². The lowest BCUT2D eigenvalue weighted by Crippen LogP contribution is -2.13. The number of para-hydroxylation sites is 1. The van der Waals surface area contributed by atoms with Crippen molar-refractivity contribution >= 4 is 27.8 Å². The third-order valence-electron chi connectivity index (χ3n) is 5.76. The fourth-order valence-corrected chi connectivity index (χ4v) is 4.17. The van der Waals surface area contributed by atoms with E-state index in [9.17, 15) is 4.79 Å². The normalized spacial score (nSPS) is 11.5. The van der Waals surface area contributed by atoms with Crippen LogP contribution >= 0.6 is 0 Å². The van der Waals surface area contributed by atoms with Crippen LogP contribution in [0.25, 0.3) is 38.8 Å². The predicted molar refractivity (Wildman–Crippen MR) is 127 cm³/mol. The first kappa shape index (κ1) is 19.9. The van der Waals surface area contributed by atoms with Gasteiger partial charge in [0.1, 0.15) is 0 Å². The zero-order valence-electron chi connectivity index (χ0n) is 18.2. The Morgan fingerprint density at radius 3 is 2.59 bits per heavy atom. The minimum Gasteiger partial charge on any atom is -0.366 e. The van der Waals surface area contributed by atoms with Gasteiger partial charge in [-0.05, 0) is 60.4 Å². The minimum atomic E-state index is -0.438. The Kier molecular flexibility index (Phi) is 4.70. The van der Waals surface area contributed by atoms with Crippen LogP contribution in [0.5, 0.6) is 0 Å². The highest BCUT2D eigenvalue weighted by Crippen LogP contribution is 2.35.